The second-order valence-electron chi connectivity index (χ2n) is 4.68. The Labute approximate surface area is 128 Å². The minimum Gasteiger partial charge on any atom is -0.481 e. The van der Waals surface area contributed by atoms with Crippen LogP contribution in [0.3, 0.4) is 0 Å². The summed E-state index contributed by atoms with van der Waals surface area (Å²) in [5.74, 6) is -1.33. The van der Waals surface area contributed by atoms with Crippen LogP contribution in [0.4, 0.5) is 0 Å². The van der Waals surface area contributed by atoms with Crippen molar-refractivity contribution in [1.82, 2.24) is 0 Å². The van der Waals surface area contributed by atoms with Gasteiger partial charge in [-0.3, -0.25) is 9.59 Å². The van der Waals surface area contributed by atoms with E-state index in [9.17, 15) is 14.7 Å². The molecule has 1 unspecified atom stereocenters. The van der Waals surface area contributed by atoms with Gasteiger partial charge in [0.2, 0.25) is 0 Å². The standard InChI is InChI=1S/C17H16O3S/c1-12(18)21-11-16(17(19)20)15-9-5-8-14(10-15)13-6-3-2-4-7-13/h2-10,16H,11H2,1H3,(H,19,20). The number of hydrogen-bond donors (Lipinski definition) is 1. The molecule has 108 valence electrons. The molecule has 0 saturated heterocycles. The molecule has 0 heterocycles. The summed E-state index contributed by atoms with van der Waals surface area (Å²) in [6, 6.07) is 17.3. The minimum atomic E-state index is -0.908. The van der Waals surface area contributed by atoms with Crippen LogP contribution in [0.5, 0.6) is 0 Å². The first-order valence-corrected chi connectivity index (χ1v) is 7.58. The average molecular weight is 300 g/mol. The number of carboxylic acid groups (broad SMARTS) is 1. The zero-order valence-corrected chi connectivity index (χ0v) is 12.5. The quantitative estimate of drug-likeness (QED) is 0.912. The molecular weight excluding hydrogens is 284 g/mol. The Balaban J connectivity index is 2.30. The highest BCUT2D eigenvalue weighted by atomic mass is 32.2. The van der Waals surface area contributed by atoms with Crippen LogP contribution in [-0.2, 0) is 9.59 Å². The molecule has 0 radical (unpaired) electrons. The van der Waals surface area contributed by atoms with Gasteiger partial charge >= 0.3 is 5.97 Å². The first kappa shape index (κ1) is 15.3. The van der Waals surface area contributed by atoms with E-state index in [1.54, 1.807) is 6.07 Å². The normalized spacial score (nSPS) is 11.9. The van der Waals surface area contributed by atoms with Crippen LogP contribution in [0.25, 0.3) is 11.1 Å². The van der Waals surface area contributed by atoms with Crippen molar-refractivity contribution in [2.45, 2.75) is 12.8 Å². The van der Waals surface area contributed by atoms with Gasteiger partial charge in [-0.15, -0.1) is 0 Å². The molecule has 0 amide bonds. The highest BCUT2D eigenvalue weighted by Gasteiger charge is 2.21. The molecule has 0 fully saturated rings. The molecule has 2 rings (SSSR count). The van der Waals surface area contributed by atoms with Gasteiger partial charge in [0, 0.05) is 12.7 Å². The number of carbonyl (C=O) groups excluding carboxylic acids is 1. The molecular formula is C17H16O3S. The maximum absolute atomic E-state index is 11.4. The fourth-order valence-electron chi connectivity index (χ4n) is 2.08. The highest BCUT2D eigenvalue weighted by molar-refractivity contribution is 8.13. The molecule has 0 saturated carbocycles. The second kappa shape index (κ2) is 7.09. The predicted molar refractivity (Wildman–Crippen MR) is 85.4 cm³/mol. The van der Waals surface area contributed by atoms with E-state index >= 15 is 0 Å². The van der Waals surface area contributed by atoms with Crippen LogP contribution in [0, 0.1) is 0 Å². The number of carbonyl (C=O) groups is 2. The monoisotopic (exact) mass is 300 g/mol. The summed E-state index contributed by atoms with van der Waals surface area (Å²) in [6.45, 7) is 1.45. The van der Waals surface area contributed by atoms with Crippen molar-refractivity contribution < 1.29 is 14.7 Å². The van der Waals surface area contributed by atoms with Crippen LogP contribution < -0.4 is 0 Å². The van der Waals surface area contributed by atoms with Crippen molar-refractivity contribution in [3.05, 3.63) is 60.2 Å². The van der Waals surface area contributed by atoms with E-state index in [0.717, 1.165) is 28.5 Å². The number of thioether (sulfide) groups is 1. The molecule has 1 atom stereocenters. The Morgan fingerprint density at radius 1 is 1.05 bits per heavy atom. The lowest BCUT2D eigenvalue weighted by atomic mass is 9.96. The Morgan fingerprint density at radius 2 is 1.71 bits per heavy atom. The molecule has 0 aromatic heterocycles. The lowest BCUT2D eigenvalue weighted by Crippen LogP contribution is -2.15. The smallest absolute Gasteiger partial charge is 0.311 e. The Bertz CT molecular complexity index is 637. The number of carboxylic acids is 1. The summed E-state index contributed by atoms with van der Waals surface area (Å²) < 4.78 is 0. The first-order chi connectivity index (χ1) is 10.1. The lowest BCUT2D eigenvalue weighted by molar-refractivity contribution is -0.138. The van der Waals surface area contributed by atoms with Crippen molar-refractivity contribution in [1.29, 1.82) is 0 Å². The molecule has 0 bridgehead atoms. The zero-order valence-electron chi connectivity index (χ0n) is 11.7. The molecule has 4 heteroatoms. The van der Waals surface area contributed by atoms with Gasteiger partial charge in [-0.05, 0) is 16.7 Å². The summed E-state index contributed by atoms with van der Waals surface area (Å²) in [7, 11) is 0. The molecule has 0 spiro atoms. The fraction of sp³-hybridized carbons (Fsp3) is 0.176. The van der Waals surface area contributed by atoms with Crippen molar-refractivity contribution in [3.8, 4) is 11.1 Å². The van der Waals surface area contributed by atoms with Crippen molar-refractivity contribution in [2.75, 3.05) is 5.75 Å². The highest BCUT2D eigenvalue weighted by Crippen LogP contribution is 2.26. The number of rotatable bonds is 5. The Hall–Kier alpha value is -2.07. The van der Waals surface area contributed by atoms with Crippen molar-refractivity contribution in [2.24, 2.45) is 0 Å². The first-order valence-electron chi connectivity index (χ1n) is 6.59. The van der Waals surface area contributed by atoms with Gasteiger partial charge in [-0.1, -0.05) is 66.4 Å². The molecule has 21 heavy (non-hydrogen) atoms. The molecule has 2 aromatic carbocycles. The molecule has 1 N–H and O–H groups in total. The summed E-state index contributed by atoms with van der Waals surface area (Å²) in [4.78, 5) is 22.5. The average Bonchev–Trinajstić information content (AvgIpc) is 2.48. The van der Waals surface area contributed by atoms with Gasteiger partial charge < -0.3 is 5.11 Å². The van der Waals surface area contributed by atoms with Gasteiger partial charge in [-0.2, -0.15) is 0 Å². The molecule has 2 aromatic rings. The van der Waals surface area contributed by atoms with Crippen LogP contribution in [0.15, 0.2) is 54.6 Å². The lowest BCUT2D eigenvalue weighted by Gasteiger charge is -2.13. The van der Waals surface area contributed by atoms with Crippen LogP contribution >= 0.6 is 11.8 Å². The molecule has 0 aliphatic rings. The van der Waals surface area contributed by atoms with Gasteiger partial charge in [0.05, 0.1) is 5.92 Å². The topological polar surface area (TPSA) is 54.4 Å². The molecule has 0 aliphatic heterocycles. The van der Waals surface area contributed by atoms with Gasteiger partial charge in [0.1, 0.15) is 0 Å². The summed E-state index contributed by atoms with van der Waals surface area (Å²) >= 11 is 1.04. The minimum absolute atomic E-state index is 0.0690. The number of benzene rings is 2. The maximum atomic E-state index is 11.4. The zero-order chi connectivity index (χ0) is 15.2. The summed E-state index contributed by atoms with van der Waals surface area (Å²) in [6.07, 6.45) is 0. The Kier molecular flexibility index (Phi) is 5.17. The van der Waals surface area contributed by atoms with E-state index in [-0.39, 0.29) is 10.9 Å². The summed E-state index contributed by atoms with van der Waals surface area (Å²) in [5.41, 5.74) is 2.74. The molecule has 0 aliphatic carbocycles. The third-order valence-electron chi connectivity index (χ3n) is 3.15. The van der Waals surface area contributed by atoms with Gasteiger partial charge in [0.25, 0.3) is 0 Å². The third-order valence-corrected chi connectivity index (χ3v) is 4.05. The summed E-state index contributed by atoms with van der Waals surface area (Å²) in [5, 5.41) is 9.31. The van der Waals surface area contributed by atoms with Crippen molar-refractivity contribution in [3.63, 3.8) is 0 Å². The fourth-order valence-corrected chi connectivity index (χ4v) is 2.81. The van der Waals surface area contributed by atoms with E-state index in [4.69, 9.17) is 0 Å². The van der Waals surface area contributed by atoms with Gasteiger partial charge in [-0.25, -0.2) is 0 Å². The number of aliphatic carboxylic acids is 1. The van der Waals surface area contributed by atoms with E-state index < -0.39 is 11.9 Å². The second-order valence-corrected chi connectivity index (χ2v) is 5.88. The largest absolute Gasteiger partial charge is 0.481 e. The van der Waals surface area contributed by atoms with E-state index in [0.29, 0.717) is 0 Å². The Morgan fingerprint density at radius 3 is 2.33 bits per heavy atom. The number of hydrogen-bond acceptors (Lipinski definition) is 3. The van der Waals surface area contributed by atoms with Crippen LogP contribution in [0.1, 0.15) is 18.4 Å². The van der Waals surface area contributed by atoms with E-state index in [2.05, 4.69) is 0 Å². The SMILES string of the molecule is CC(=O)SCC(C(=O)O)c1cccc(-c2ccccc2)c1. The third kappa shape index (κ3) is 4.20. The van der Waals surface area contributed by atoms with E-state index in [1.807, 2.05) is 48.5 Å². The van der Waals surface area contributed by atoms with E-state index in [1.165, 1.54) is 6.92 Å². The van der Waals surface area contributed by atoms with Crippen LogP contribution in [-0.4, -0.2) is 21.9 Å². The van der Waals surface area contributed by atoms with Gasteiger partial charge in [0.15, 0.2) is 5.12 Å². The molecule has 3 nitrogen and oxygen atoms in total. The van der Waals surface area contributed by atoms with Crippen LogP contribution in [0.2, 0.25) is 0 Å². The van der Waals surface area contributed by atoms with Crippen molar-refractivity contribution >= 4 is 22.8 Å². The predicted octanol–water partition coefficient (Wildman–Crippen LogP) is 3.80. The maximum Gasteiger partial charge on any atom is 0.311 e.